The number of aromatic nitrogens is 3. The smallest absolute Gasteiger partial charge is 0.295 e. The summed E-state index contributed by atoms with van der Waals surface area (Å²) in [5.74, 6) is -0.586. The lowest BCUT2D eigenvalue weighted by atomic mass is 10.1. The Morgan fingerprint density at radius 3 is 2.38 bits per heavy atom. The highest BCUT2D eigenvalue weighted by molar-refractivity contribution is 6.01. The van der Waals surface area contributed by atoms with Crippen molar-refractivity contribution in [2.75, 3.05) is 5.32 Å². The summed E-state index contributed by atoms with van der Waals surface area (Å²) in [6.45, 7) is 3.97. The van der Waals surface area contributed by atoms with E-state index in [1.54, 1.807) is 16.8 Å². The molecule has 4 aromatic rings. The Balaban J connectivity index is 1.79. The van der Waals surface area contributed by atoms with E-state index in [1.165, 1.54) is 12.1 Å². The number of halogens is 1. The van der Waals surface area contributed by atoms with Crippen molar-refractivity contribution in [1.29, 1.82) is 0 Å². The summed E-state index contributed by atoms with van der Waals surface area (Å²) in [5.41, 5.74) is 3.84. The van der Waals surface area contributed by atoms with Gasteiger partial charge in [-0.15, -0.1) is 5.10 Å². The maximum absolute atomic E-state index is 13.9. The number of anilines is 1. The van der Waals surface area contributed by atoms with Gasteiger partial charge in [0.2, 0.25) is 5.82 Å². The van der Waals surface area contributed by atoms with Gasteiger partial charge in [-0.3, -0.25) is 4.79 Å². The van der Waals surface area contributed by atoms with Gasteiger partial charge in [-0.05, 0) is 49.7 Å². The molecule has 0 aliphatic heterocycles. The Labute approximate surface area is 167 Å². The van der Waals surface area contributed by atoms with E-state index < -0.39 is 11.7 Å². The molecule has 0 saturated carbocycles. The number of carbonyl (C=O) groups is 1. The highest BCUT2D eigenvalue weighted by Gasteiger charge is 2.20. The van der Waals surface area contributed by atoms with Crippen LogP contribution in [0, 0.1) is 19.7 Å². The minimum atomic E-state index is -0.574. The van der Waals surface area contributed by atoms with Crippen molar-refractivity contribution in [2.45, 2.75) is 13.8 Å². The van der Waals surface area contributed by atoms with Gasteiger partial charge in [0, 0.05) is 5.56 Å². The zero-order valence-corrected chi connectivity index (χ0v) is 16.1. The van der Waals surface area contributed by atoms with Crippen LogP contribution in [0.1, 0.15) is 21.7 Å². The third-order valence-corrected chi connectivity index (χ3v) is 4.45. The molecule has 0 spiro atoms. The maximum Gasteiger partial charge on any atom is 0.295 e. The van der Waals surface area contributed by atoms with E-state index in [0.29, 0.717) is 5.82 Å². The summed E-state index contributed by atoms with van der Waals surface area (Å²) in [6.07, 6.45) is 0. The standard InChI is InChI=1S/C23H19FN4O/c1-15-7-5-9-17(13-15)22-26-21(23(29)25-20-12-4-3-11-19(20)24)27-28(22)18-10-6-8-16(2)14-18/h3-14H,1-2H3,(H,25,29). The van der Waals surface area contributed by atoms with E-state index in [0.717, 1.165) is 22.4 Å². The molecule has 5 nitrogen and oxygen atoms in total. The molecule has 0 saturated heterocycles. The summed E-state index contributed by atoms with van der Waals surface area (Å²) in [7, 11) is 0. The van der Waals surface area contributed by atoms with Crippen LogP contribution >= 0.6 is 0 Å². The van der Waals surface area contributed by atoms with Crippen molar-refractivity contribution >= 4 is 11.6 Å². The van der Waals surface area contributed by atoms with Crippen molar-refractivity contribution in [3.63, 3.8) is 0 Å². The lowest BCUT2D eigenvalue weighted by Gasteiger charge is -2.07. The second-order valence-electron chi connectivity index (χ2n) is 6.81. The minimum Gasteiger partial charge on any atom is -0.317 e. The van der Waals surface area contributed by atoms with Crippen LogP contribution in [0.5, 0.6) is 0 Å². The minimum absolute atomic E-state index is 0.0359. The molecule has 6 heteroatoms. The van der Waals surface area contributed by atoms with E-state index in [9.17, 15) is 9.18 Å². The van der Waals surface area contributed by atoms with Crippen LogP contribution in [0.15, 0.2) is 72.8 Å². The number of amides is 1. The van der Waals surface area contributed by atoms with Crippen LogP contribution in [0.4, 0.5) is 10.1 Å². The molecule has 0 unspecified atom stereocenters. The number of benzene rings is 3. The Morgan fingerprint density at radius 2 is 1.66 bits per heavy atom. The van der Waals surface area contributed by atoms with Crippen molar-refractivity contribution in [3.8, 4) is 17.1 Å². The van der Waals surface area contributed by atoms with Gasteiger partial charge < -0.3 is 5.32 Å². The van der Waals surface area contributed by atoms with Crippen LogP contribution in [0.2, 0.25) is 0 Å². The number of hydrogen-bond donors (Lipinski definition) is 1. The normalized spacial score (nSPS) is 10.7. The fourth-order valence-corrected chi connectivity index (χ4v) is 3.06. The summed E-state index contributed by atoms with van der Waals surface area (Å²) >= 11 is 0. The zero-order valence-electron chi connectivity index (χ0n) is 16.1. The van der Waals surface area contributed by atoms with Crippen LogP contribution in [-0.2, 0) is 0 Å². The number of nitrogens with one attached hydrogen (secondary N) is 1. The molecular formula is C23H19FN4O. The first kappa shape index (κ1) is 18.6. The summed E-state index contributed by atoms with van der Waals surface area (Å²) in [5, 5.41) is 6.96. The lowest BCUT2D eigenvalue weighted by molar-refractivity contribution is 0.101. The fraction of sp³-hybridized carbons (Fsp3) is 0.0870. The third kappa shape index (κ3) is 3.91. The number of carbonyl (C=O) groups excluding carboxylic acids is 1. The van der Waals surface area contributed by atoms with Crippen molar-refractivity contribution < 1.29 is 9.18 Å². The average molecular weight is 386 g/mol. The monoisotopic (exact) mass is 386 g/mol. The van der Waals surface area contributed by atoms with Gasteiger partial charge >= 0.3 is 0 Å². The molecule has 144 valence electrons. The highest BCUT2D eigenvalue weighted by atomic mass is 19.1. The molecule has 0 fully saturated rings. The van der Waals surface area contributed by atoms with Gasteiger partial charge in [-0.2, -0.15) is 0 Å². The third-order valence-electron chi connectivity index (χ3n) is 4.45. The van der Waals surface area contributed by atoms with Gasteiger partial charge in [-0.25, -0.2) is 14.1 Å². The van der Waals surface area contributed by atoms with Gasteiger partial charge in [0.1, 0.15) is 5.82 Å². The predicted molar refractivity (Wildman–Crippen MR) is 111 cm³/mol. The SMILES string of the molecule is Cc1cccc(-c2nc(C(=O)Nc3ccccc3F)nn2-c2cccc(C)c2)c1. The Morgan fingerprint density at radius 1 is 0.931 bits per heavy atom. The van der Waals surface area contributed by atoms with Crippen molar-refractivity contribution in [2.24, 2.45) is 0 Å². The lowest BCUT2D eigenvalue weighted by Crippen LogP contribution is -2.15. The topological polar surface area (TPSA) is 59.8 Å². The quantitative estimate of drug-likeness (QED) is 0.540. The summed E-state index contributed by atoms with van der Waals surface area (Å²) < 4.78 is 15.5. The van der Waals surface area contributed by atoms with Crippen LogP contribution in [-0.4, -0.2) is 20.7 Å². The number of aryl methyl sites for hydroxylation is 2. The van der Waals surface area contributed by atoms with E-state index >= 15 is 0 Å². The molecule has 1 aromatic heterocycles. The molecule has 0 aliphatic carbocycles. The molecule has 1 N–H and O–H groups in total. The van der Waals surface area contributed by atoms with Crippen LogP contribution in [0.3, 0.4) is 0 Å². The second kappa shape index (κ2) is 7.67. The molecule has 0 bridgehead atoms. The fourth-order valence-electron chi connectivity index (χ4n) is 3.06. The number of nitrogens with zero attached hydrogens (tertiary/aromatic N) is 3. The molecular weight excluding hydrogens is 367 g/mol. The molecule has 0 atom stereocenters. The predicted octanol–water partition coefficient (Wildman–Crippen LogP) is 4.94. The van der Waals surface area contributed by atoms with Gasteiger partial charge in [0.25, 0.3) is 5.91 Å². The molecule has 3 aromatic carbocycles. The average Bonchev–Trinajstić information content (AvgIpc) is 3.15. The second-order valence-corrected chi connectivity index (χ2v) is 6.81. The maximum atomic E-state index is 13.9. The van der Waals surface area contributed by atoms with Crippen LogP contribution in [0.25, 0.3) is 17.1 Å². The van der Waals surface area contributed by atoms with Gasteiger partial charge in [0.15, 0.2) is 5.82 Å². The summed E-state index contributed by atoms with van der Waals surface area (Å²) in [6, 6.07) is 21.6. The molecule has 0 radical (unpaired) electrons. The number of para-hydroxylation sites is 1. The first-order valence-electron chi connectivity index (χ1n) is 9.18. The molecule has 0 aliphatic rings. The van der Waals surface area contributed by atoms with E-state index in [2.05, 4.69) is 15.4 Å². The molecule has 4 rings (SSSR count). The van der Waals surface area contributed by atoms with E-state index in [1.807, 2.05) is 62.4 Å². The zero-order chi connectivity index (χ0) is 20.4. The highest BCUT2D eigenvalue weighted by Crippen LogP contribution is 2.23. The number of rotatable bonds is 4. The summed E-state index contributed by atoms with van der Waals surface area (Å²) in [4.78, 5) is 17.2. The first-order chi connectivity index (χ1) is 14.0. The Hall–Kier alpha value is -3.80. The van der Waals surface area contributed by atoms with Crippen molar-refractivity contribution in [3.05, 3.63) is 95.6 Å². The largest absolute Gasteiger partial charge is 0.317 e. The van der Waals surface area contributed by atoms with Crippen LogP contribution < -0.4 is 5.32 Å². The van der Waals surface area contributed by atoms with Gasteiger partial charge in [0.05, 0.1) is 11.4 Å². The van der Waals surface area contributed by atoms with Gasteiger partial charge in [-0.1, -0.05) is 48.0 Å². The molecule has 29 heavy (non-hydrogen) atoms. The molecule has 1 amide bonds. The van der Waals surface area contributed by atoms with E-state index in [4.69, 9.17) is 0 Å². The van der Waals surface area contributed by atoms with E-state index in [-0.39, 0.29) is 11.5 Å². The molecule has 1 heterocycles. The number of hydrogen-bond acceptors (Lipinski definition) is 3. The van der Waals surface area contributed by atoms with Crippen molar-refractivity contribution in [1.82, 2.24) is 14.8 Å². The first-order valence-corrected chi connectivity index (χ1v) is 9.18. The Bertz CT molecular complexity index is 1140. The Kier molecular flexibility index (Phi) is 4.91.